The van der Waals surface area contributed by atoms with Gasteiger partial charge in [-0.05, 0) is 60.7 Å². The van der Waals surface area contributed by atoms with Gasteiger partial charge in [0.2, 0.25) is 0 Å². The fraction of sp³-hybridized carbons (Fsp3) is 0.250. The summed E-state index contributed by atoms with van der Waals surface area (Å²) in [5.74, 6) is -0.0525. The predicted molar refractivity (Wildman–Crippen MR) is 82.8 cm³/mol. The Kier molecular flexibility index (Phi) is 5.41. The second-order valence-electron chi connectivity index (χ2n) is 4.84. The largest absolute Gasteiger partial charge is 0.330 e. The zero-order chi connectivity index (χ0) is 14.5. The number of benzene rings is 2. The van der Waals surface area contributed by atoms with Crippen molar-refractivity contribution >= 4 is 23.2 Å². The van der Waals surface area contributed by atoms with Gasteiger partial charge >= 0.3 is 0 Å². The van der Waals surface area contributed by atoms with E-state index in [2.05, 4.69) is 0 Å². The maximum Gasteiger partial charge on any atom is 0.123 e. The van der Waals surface area contributed by atoms with Crippen LogP contribution >= 0.6 is 23.2 Å². The summed E-state index contributed by atoms with van der Waals surface area (Å²) in [6.45, 7) is 0.498. The summed E-state index contributed by atoms with van der Waals surface area (Å²) >= 11 is 12.3. The molecule has 4 heteroatoms. The van der Waals surface area contributed by atoms with Crippen molar-refractivity contribution in [2.24, 2.45) is 11.7 Å². The molecule has 2 aromatic carbocycles. The zero-order valence-electron chi connectivity index (χ0n) is 11.0. The lowest BCUT2D eigenvalue weighted by Crippen LogP contribution is -2.19. The summed E-state index contributed by atoms with van der Waals surface area (Å²) in [5.41, 5.74) is 7.67. The van der Waals surface area contributed by atoms with Gasteiger partial charge in [0.05, 0.1) is 0 Å². The Bertz CT molecular complexity index is 566. The highest BCUT2D eigenvalue weighted by Gasteiger charge is 2.14. The number of hydrogen-bond donors (Lipinski definition) is 1. The van der Waals surface area contributed by atoms with E-state index in [-0.39, 0.29) is 11.7 Å². The summed E-state index contributed by atoms with van der Waals surface area (Å²) in [6.07, 6.45) is 1.39. The Morgan fingerprint density at radius 2 is 1.65 bits per heavy atom. The Labute approximate surface area is 128 Å². The molecule has 20 heavy (non-hydrogen) atoms. The van der Waals surface area contributed by atoms with Crippen LogP contribution in [-0.4, -0.2) is 6.54 Å². The minimum Gasteiger partial charge on any atom is -0.330 e. The predicted octanol–water partition coefficient (Wildman–Crippen LogP) is 4.49. The first kappa shape index (κ1) is 15.3. The van der Waals surface area contributed by atoms with Crippen LogP contribution < -0.4 is 5.73 Å². The van der Waals surface area contributed by atoms with Crippen molar-refractivity contribution in [3.63, 3.8) is 0 Å². The molecular formula is C16H16Cl2FN. The number of hydrogen-bond acceptors (Lipinski definition) is 1. The molecule has 1 nitrogen and oxygen atoms in total. The quantitative estimate of drug-likeness (QED) is 0.865. The number of rotatable bonds is 5. The van der Waals surface area contributed by atoms with E-state index in [1.807, 2.05) is 24.3 Å². The summed E-state index contributed by atoms with van der Waals surface area (Å²) in [5, 5.41) is 1.30. The van der Waals surface area contributed by atoms with Crippen LogP contribution in [0.2, 0.25) is 10.0 Å². The monoisotopic (exact) mass is 311 g/mol. The van der Waals surface area contributed by atoms with Crippen LogP contribution in [0.5, 0.6) is 0 Å². The summed E-state index contributed by atoms with van der Waals surface area (Å²) in [6, 6.07) is 12.0. The molecule has 0 aliphatic carbocycles. The first-order valence-electron chi connectivity index (χ1n) is 6.47. The summed E-state index contributed by atoms with van der Waals surface area (Å²) in [7, 11) is 0. The van der Waals surface area contributed by atoms with Gasteiger partial charge in [-0.15, -0.1) is 0 Å². The van der Waals surface area contributed by atoms with Crippen LogP contribution in [-0.2, 0) is 12.8 Å². The fourth-order valence-corrected chi connectivity index (χ4v) is 2.80. The van der Waals surface area contributed by atoms with Gasteiger partial charge in [-0.1, -0.05) is 41.4 Å². The number of halogens is 3. The minimum atomic E-state index is -0.228. The highest BCUT2D eigenvalue weighted by Crippen LogP contribution is 2.27. The molecule has 2 N–H and O–H groups in total. The van der Waals surface area contributed by atoms with Crippen molar-refractivity contribution in [1.29, 1.82) is 0 Å². The van der Waals surface area contributed by atoms with E-state index < -0.39 is 0 Å². The average Bonchev–Trinajstić information content (AvgIpc) is 2.42. The van der Waals surface area contributed by atoms with Crippen LogP contribution in [0.1, 0.15) is 11.1 Å². The molecule has 0 bridgehead atoms. The van der Waals surface area contributed by atoms with Gasteiger partial charge < -0.3 is 5.73 Å². The third kappa shape index (κ3) is 3.95. The van der Waals surface area contributed by atoms with E-state index in [0.29, 0.717) is 29.4 Å². The van der Waals surface area contributed by atoms with Crippen molar-refractivity contribution in [2.45, 2.75) is 12.8 Å². The molecule has 0 saturated carbocycles. The van der Waals surface area contributed by atoms with Gasteiger partial charge in [0.25, 0.3) is 0 Å². The normalized spacial score (nSPS) is 12.4. The minimum absolute atomic E-state index is 0.175. The van der Waals surface area contributed by atoms with Gasteiger partial charge in [0, 0.05) is 10.0 Å². The third-order valence-corrected chi connectivity index (χ3v) is 4.01. The van der Waals surface area contributed by atoms with E-state index in [1.54, 1.807) is 6.07 Å². The molecule has 2 aromatic rings. The maximum absolute atomic E-state index is 13.2. The van der Waals surface area contributed by atoms with Gasteiger partial charge in [0.15, 0.2) is 0 Å². The third-order valence-electron chi connectivity index (χ3n) is 3.30. The van der Waals surface area contributed by atoms with E-state index in [1.165, 1.54) is 12.1 Å². The number of nitrogens with two attached hydrogens (primary N) is 1. The average molecular weight is 312 g/mol. The standard InChI is InChI=1S/C16H16Cl2FN/c17-15-5-2-6-16(18)14(15)9-12(10-20)7-11-3-1-4-13(19)8-11/h1-6,8,12H,7,9-10,20H2. The van der Waals surface area contributed by atoms with Crippen LogP contribution in [0.15, 0.2) is 42.5 Å². The summed E-state index contributed by atoms with van der Waals surface area (Å²) < 4.78 is 13.2. The highest BCUT2D eigenvalue weighted by molar-refractivity contribution is 6.35. The molecule has 0 spiro atoms. The maximum atomic E-state index is 13.2. The lowest BCUT2D eigenvalue weighted by molar-refractivity contribution is 0.530. The fourth-order valence-electron chi connectivity index (χ4n) is 2.25. The van der Waals surface area contributed by atoms with Gasteiger partial charge in [0.1, 0.15) is 5.82 Å². The second-order valence-corrected chi connectivity index (χ2v) is 5.65. The molecule has 0 aliphatic heterocycles. The van der Waals surface area contributed by atoms with Gasteiger partial charge in [-0.25, -0.2) is 4.39 Å². The molecular weight excluding hydrogens is 296 g/mol. The molecule has 0 aromatic heterocycles. The first-order chi connectivity index (χ1) is 9.60. The van der Waals surface area contributed by atoms with Crippen molar-refractivity contribution in [2.75, 3.05) is 6.54 Å². The van der Waals surface area contributed by atoms with Crippen LogP contribution in [0, 0.1) is 11.7 Å². The van der Waals surface area contributed by atoms with Crippen molar-refractivity contribution < 1.29 is 4.39 Å². The van der Waals surface area contributed by atoms with Crippen molar-refractivity contribution in [3.05, 3.63) is 69.5 Å². The van der Waals surface area contributed by atoms with Crippen molar-refractivity contribution in [3.8, 4) is 0 Å². The Hall–Kier alpha value is -1.09. The molecule has 106 valence electrons. The topological polar surface area (TPSA) is 26.0 Å². The molecule has 0 radical (unpaired) electrons. The molecule has 0 aliphatic rings. The Morgan fingerprint density at radius 1 is 1.00 bits per heavy atom. The Morgan fingerprint density at radius 3 is 2.25 bits per heavy atom. The highest BCUT2D eigenvalue weighted by atomic mass is 35.5. The van der Waals surface area contributed by atoms with Gasteiger partial charge in [-0.2, -0.15) is 0 Å². The lowest BCUT2D eigenvalue weighted by atomic mass is 9.92. The first-order valence-corrected chi connectivity index (χ1v) is 7.23. The van der Waals surface area contributed by atoms with Crippen molar-refractivity contribution in [1.82, 2.24) is 0 Å². The van der Waals surface area contributed by atoms with Gasteiger partial charge in [-0.3, -0.25) is 0 Å². The van der Waals surface area contributed by atoms with E-state index in [9.17, 15) is 4.39 Å². The molecule has 0 fully saturated rings. The molecule has 0 saturated heterocycles. The van der Waals surface area contributed by atoms with E-state index >= 15 is 0 Å². The zero-order valence-corrected chi connectivity index (χ0v) is 12.5. The van der Waals surface area contributed by atoms with Crippen LogP contribution in [0.25, 0.3) is 0 Å². The molecule has 0 heterocycles. The molecule has 1 atom stereocenters. The Balaban J connectivity index is 2.13. The SMILES string of the molecule is NCC(Cc1cccc(F)c1)Cc1c(Cl)cccc1Cl. The summed E-state index contributed by atoms with van der Waals surface area (Å²) in [4.78, 5) is 0. The van der Waals surface area contributed by atoms with E-state index in [0.717, 1.165) is 11.1 Å². The van der Waals surface area contributed by atoms with Crippen LogP contribution in [0.4, 0.5) is 4.39 Å². The molecule has 0 amide bonds. The smallest absolute Gasteiger partial charge is 0.123 e. The lowest BCUT2D eigenvalue weighted by Gasteiger charge is -2.17. The molecule has 1 unspecified atom stereocenters. The van der Waals surface area contributed by atoms with E-state index in [4.69, 9.17) is 28.9 Å². The molecule has 2 rings (SSSR count). The second kappa shape index (κ2) is 7.07. The van der Waals surface area contributed by atoms with Crippen LogP contribution in [0.3, 0.4) is 0 Å².